The van der Waals surface area contributed by atoms with Crippen molar-refractivity contribution >= 4 is 46.0 Å². The van der Waals surface area contributed by atoms with E-state index >= 15 is 0 Å². The van der Waals surface area contributed by atoms with Gasteiger partial charge in [0.05, 0.1) is 0 Å². The van der Waals surface area contributed by atoms with Crippen molar-refractivity contribution in [3.63, 3.8) is 0 Å². The predicted molar refractivity (Wildman–Crippen MR) is 110 cm³/mol. The zero-order chi connectivity index (χ0) is 18.4. The van der Waals surface area contributed by atoms with E-state index in [-0.39, 0.29) is 10.9 Å². The van der Waals surface area contributed by atoms with E-state index in [9.17, 15) is 4.39 Å². The molecular formula is C18H21FN4S2. The molecule has 0 amide bonds. The molecule has 0 aliphatic rings. The highest BCUT2D eigenvalue weighted by molar-refractivity contribution is 7.81. The van der Waals surface area contributed by atoms with Crippen molar-refractivity contribution in [2.24, 2.45) is 0 Å². The fourth-order valence-electron chi connectivity index (χ4n) is 2.06. The molecule has 0 unspecified atom stereocenters. The number of anilines is 2. The van der Waals surface area contributed by atoms with Crippen LogP contribution in [0.5, 0.6) is 0 Å². The normalized spacial score (nSPS) is 10.3. The number of rotatable bonds is 3. The molecule has 0 radical (unpaired) electrons. The Labute approximate surface area is 158 Å². The zero-order valence-corrected chi connectivity index (χ0v) is 15.9. The highest BCUT2D eigenvalue weighted by atomic mass is 32.1. The van der Waals surface area contributed by atoms with Crippen molar-refractivity contribution in [3.8, 4) is 0 Å². The third-order valence-corrected chi connectivity index (χ3v) is 3.96. The lowest BCUT2D eigenvalue weighted by Gasteiger charge is -2.15. The lowest BCUT2D eigenvalue weighted by Crippen LogP contribution is -2.45. The Kier molecular flexibility index (Phi) is 6.66. The van der Waals surface area contributed by atoms with Crippen LogP contribution in [-0.4, -0.2) is 10.2 Å². The summed E-state index contributed by atoms with van der Waals surface area (Å²) in [5.74, 6) is 0.193. The van der Waals surface area contributed by atoms with Gasteiger partial charge in [0.15, 0.2) is 10.2 Å². The summed E-state index contributed by atoms with van der Waals surface area (Å²) in [6.45, 7) is 5.99. The van der Waals surface area contributed by atoms with Gasteiger partial charge in [-0.1, -0.05) is 32.0 Å². The molecule has 0 heterocycles. The fraction of sp³-hybridized carbons (Fsp3) is 0.222. The van der Waals surface area contributed by atoms with Gasteiger partial charge in [-0.05, 0) is 72.7 Å². The Bertz CT molecular complexity index is 760. The van der Waals surface area contributed by atoms with E-state index in [1.807, 2.05) is 12.1 Å². The van der Waals surface area contributed by atoms with Crippen LogP contribution in [-0.2, 0) is 0 Å². The number of thiocarbonyl (C=S) groups is 2. The quantitative estimate of drug-likeness (QED) is 0.469. The first-order valence-corrected chi connectivity index (χ1v) is 8.67. The highest BCUT2D eigenvalue weighted by Crippen LogP contribution is 2.17. The first-order chi connectivity index (χ1) is 11.8. The van der Waals surface area contributed by atoms with Gasteiger partial charge in [0.2, 0.25) is 0 Å². The van der Waals surface area contributed by atoms with Crippen LogP contribution in [0, 0.1) is 12.7 Å². The minimum atomic E-state index is -0.289. The topological polar surface area (TPSA) is 48.1 Å². The SMILES string of the molecule is Cc1ccc(NC(=S)NNC(=S)Nc2ccc(C(C)C)cc2)cc1F. The van der Waals surface area contributed by atoms with E-state index in [1.165, 1.54) is 11.6 Å². The van der Waals surface area contributed by atoms with Crippen LogP contribution in [0.15, 0.2) is 42.5 Å². The number of halogens is 1. The van der Waals surface area contributed by atoms with E-state index in [0.29, 0.717) is 22.3 Å². The Balaban J connectivity index is 1.80. The molecule has 0 saturated heterocycles. The lowest BCUT2D eigenvalue weighted by atomic mass is 10.0. The van der Waals surface area contributed by atoms with Crippen molar-refractivity contribution < 1.29 is 4.39 Å². The average Bonchev–Trinajstić information content (AvgIpc) is 2.57. The van der Waals surface area contributed by atoms with Crippen molar-refractivity contribution in [1.29, 1.82) is 0 Å². The Morgan fingerprint density at radius 2 is 1.40 bits per heavy atom. The van der Waals surface area contributed by atoms with Gasteiger partial charge < -0.3 is 10.6 Å². The second kappa shape index (κ2) is 8.73. The van der Waals surface area contributed by atoms with Gasteiger partial charge in [-0.25, -0.2) is 4.39 Å². The summed E-state index contributed by atoms with van der Waals surface area (Å²) in [6, 6.07) is 12.9. The number of hydrazine groups is 1. The van der Waals surface area contributed by atoms with Gasteiger partial charge in [0, 0.05) is 11.4 Å². The van der Waals surface area contributed by atoms with Crippen molar-refractivity contribution in [2.75, 3.05) is 10.6 Å². The van der Waals surface area contributed by atoms with Gasteiger partial charge in [0.25, 0.3) is 0 Å². The largest absolute Gasteiger partial charge is 0.331 e. The molecule has 7 heteroatoms. The van der Waals surface area contributed by atoms with Crippen LogP contribution in [0.3, 0.4) is 0 Å². The molecule has 0 bridgehead atoms. The summed E-state index contributed by atoms with van der Waals surface area (Å²) >= 11 is 10.4. The van der Waals surface area contributed by atoms with Crippen LogP contribution in [0.4, 0.5) is 15.8 Å². The van der Waals surface area contributed by atoms with E-state index in [1.54, 1.807) is 19.1 Å². The summed E-state index contributed by atoms with van der Waals surface area (Å²) in [4.78, 5) is 0. The van der Waals surface area contributed by atoms with Crippen LogP contribution in [0.25, 0.3) is 0 Å². The molecule has 4 N–H and O–H groups in total. The van der Waals surface area contributed by atoms with Gasteiger partial charge in [-0.2, -0.15) is 0 Å². The Morgan fingerprint density at radius 3 is 1.92 bits per heavy atom. The highest BCUT2D eigenvalue weighted by Gasteiger charge is 2.03. The molecule has 0 aromatic heterocycles. The number of benzene rings is 2. The van der Waals surface area contributed by atoms with Crippen molar-refractivity contribution in [2.45, 2.75) is 26.7 Å². The maximum atomic E-state index is 13.5. The molecule has 2 aromatic carbocycles. The number of nitrogens with one attached hydrogen (secondary N) is 4. The van der Waals surface area contributed by atoms with E-state index in [2.05, 4.69) is 47.5 Å². The number of aryl methyl sites for hydroxylation is 1. The van der Waals surface area contributed by atoms with Crippen LogP contribution >= 0.6 is 24.4 Å². The first kappa shape index (κ1) is 19.1. The van der Waals surface area contributed by atoms with E-state index in [0.717, 1.165) is 5.69 Å². The van der Waals surface area contributed by atoms with Crippen LogP contribution < -0.4 is 21.5 Å². The Morgan fingerprint density at radius 1 is 0.880 bits per heavy atom. The van der Waals surface area contributed by atoms with Crippen LogP contribution in [0.2, 0.25) is 0 Å². The summed E-state index contributed by atoms with van der Waals surface area (Å²) in [5, 5.41) is 6.59. The maximum Gasteiger partial charge on any atom is 0.189 e. The summed E-state index contributed by atoms with van der Waals surface area (Å²) in [6.07, 6.45) is 0. The van der Waals surface area contributed by atoms with Gasteiger partial charge in [0.1, 0.15) is 5.82 Å². The van der Waals surface area contributed by atoms with Crippen molar-refractivity contribution in [1.82, 2.24) is 10.9 Å². The molecule has 0 fully saturated rings. The number of hydrogen-bond donors (Lipinski definition) is 4. The fourth-order valence-corrected chi connectivity index (χ4v) is 2.40. The molecule has 132 valence electrons. The molecule has 2 rings (SSSR count). The monoisotopic (exact) mass is 376 g/mol. The minimum absolute atomic E-state index is 0.280. The minimum Gasteiger partial charge on any atom is -0.331 e. The predicted octanol–water partition coefficient (Wildman–Crippen LogP) is 4.45. The van der Waals surface area contributed by atoms with Crippen molar-refractivity contribution in [3.05, 3.63) is 59.4 Å². The van der Waals surface area contributed by atoms with E-state index < -0.39 is 0 Å². The van der Waals surface area contributed by atoms with Crippen LogP contribution in [0.1, 0.15) is 30.9 Å². The molecule has 0 atom stereocenters. The second-order valence-electron chi connectivity index (χ2n) is 5.90. The molecule has 4 nitrogen and oxygen atoms in total. The average molecular weight is 377 g/mol. The third-order valence-electron chi connectivity index (χ3n) is 3.55. The van der Waals surface area contributed by atoms with Gasteiger partial charge in [-0.15, -0.1) is 0 Å². The molecule has 0 spiro atoms. The molecule has 0 saturated carbocycles. The van der Waals surface area contributed by atoms with Gasteiger partial charge in [-0.3, -0.25) is 10.9 Å². The smallest absolute Gasteiger partial charge is 0.189 e. The summed E-state index contributed by atoms with van der Waals surface area (Å²) in [7, 11) is 0. The lowest BCUT2D eigenvalue weighted by molar-refractivity contribution is 0.619. The summed E-state index contributed by atoms with van der Waals surface area (Å²) in [5.41, 5.74) is 8.83. The molecule has 25 heavy (non-hydrogen) atoms. The first-order valence-electron chi connectivity index (χ1n) is 7.85. The zero-order valence-electron chi connectivity index (χ0n) is 14.3. The molecule has 0 aliphatic carbocycles. The standard InChI is InChI=1S/C18H21FN4S2/c1-11(2)13-5-8-14(9-6-13)20-17(24)22-23-18(25)21-15-7-4-12(3)16(19)10-15/h4-11H,1-3H3,(H2,20,22,24)(H2,21,23,25). The molecular weight excluding hydrogens is 355 g/mol. The van der Waals surface area contributed by atoms with Gasteiger partial charge >= 0.3 is 0 Å². The Hall–Kier alpha value is -2.25. The van der Waals surface area contributed by atoms with E-state index in [4.69, 9.17) is 24.4 Å². The molecule has 0 aliphatic heterocycles. The second-order valence-corrected chi connectivity index (χ2v) is 6.72. The maximum absolute atomic E-state index is 13.5. The summed E-state index contributed by atoms with van der Waals surface area (Å²) < 4.78 is 13.5. The molecule has 2 aromatic rings. The third kappa shape index (κ3) is 5.95. The number of hydrogen-bond acceptors (Lipinski definition) is 2.